The van der Waals surface area contributed by atoms with E-state index in [0.717, 1.165) is 11.3 Å². The van der Waals surface area contributed by atoms with Gasteiger partial charge in [0.1, 0.15) is 0 Å². The Morgan fingerprint density at radius 1 is 0.600 bits per heavy atom. The molecule has 0 N–H and O–H groups in total. The summed E-state index contributed by atoms with van der Waals surface area (Å²) in [4.78, 5) is 0. The van der Waals surface area contributed by atoms with Crippen LogP contribution in [-0.4, -0.2) is 6.21 Å². The van der Waals surface area contributed by atoms with Crippen molar-refractivity contribution < 1.29 is 0 Å². The normalized spacial score (nSPS) is 11.3. The highest BCUT2D eigenvalue weighted by molar-refractivity contribution is 6.13. The van der Waals surface area contributed by atoms with Gasteiger partial charge in [-0.25, -0.2) is 0 Å². The molecule has 0 heterocycles. The first-order valence-electron chi connectivity index (χ1n) is 10.2. The van der Waals surface area contributed by atoms with E-state index < -0.39 is 0 Å². The number of fused-ring (bicyclic) bond motifs is 2. The van der Waals surface area contributed by atoms with Gasteiger partial charge >= 0.3 is 0 Å². The number of hydrogen-bond acceptors (Lipinski definition) is 2. The van der Waals surface area contributed by atoms with Crippen LogP contribution in [0.2, 0.25) is 0 Å². The molecule has 0 aromatic heterocycles. The van der Waals surface area contributed by atoms with Crippen LogP contribution in [0.5, 0.6) is 0 Å². The lowest BCUT2D eigenvalue weighted by Crippen LogP contribution is -2.16. The molecule has 30 heavy (non-hydrogen) atoms. The second-order valence-corrected chi connectivity index (χ2v) is 7.36. The maximum absolute atomic E-state index is 4.97. The van der Waals surface area contributed by atoms with Gasteiger partial charge < -0.3 is 0 Å². The third-order valence-corrected chi connectivity index (χ3v) is 5.37. The zero-order chi connectivity index (χ0) is 20.2. The van der Waals surface area contributed by atoms with Crippen molar-refractivity contribution in [3.05, 3.63) is 126 Å². The van der Waals surface area contributed by atoms with Gasteiger partial charge in [-0.05, 0) is 45.3 Å². The molecule has 0 aliphatic carbocycles. The maximum Gasteiger partial charge on any atom is 0.0666 e. The van der Waals surface area contributed by atoms with Crippen molar-refractivity contribution in [1.29, 1.82) is 0 Å². The molecule has 5 aromatic rings. The van der Waals surface area contributed by atoms with E-state index in [1.807, 2.05) is 18.3 Å². The predicted molar refractivity (Wildman–Crippen MR) is 128 cm³/mol. The number of para-hydroxylation sites is 1. The van der Waals surface area contributed by atoms with E-state index in [1.165, 1.54) is 27.1 Å². The second-order valence-electron chi connectivity index (χ2n) is 7.36. The lowest BCUT2D eigenvalue weighted by Gasteiger charge is -2.19. The minimum Gasteiger partial charge on any atom is -0.261 e. The molecule has 2 nitrogen and oxygen atoms in total. The van der Waals surface area contributed by atoms with E-state index in [0.29, 0.717) is 6.54 Å². The average Bonchev–Trinajstić information content (AvgIpc) is 2.82. The third-order valence-electron chi connectivity index (χ3n) is 5.37. The van der Waals surface area contributed by atoms with Crippen LogP contribution in [0, 0.1) is 0 Å². The maximum atomic E-state index is 4.97. The summed E-state index contributed by atoms with van der Waals surface area (Å²) in [5.74, 6) is 0. The molecule has 0 atom stereocenters. The Morgan fingerprint density at radius 2 is 1.13 bits per heavy atom. The number of rotatable bonds is 5. The monoisotopic (exact) mass is 386 g/mol. The van der Waals surface area contributed by atoms with E-state index >= 15 is 0 Å². The molecule has 0 amide bonds. The molecule has 144 valence electrons. The Labute approximate surface area is 176 Å². The van der Waals surface area contributed by atoms with Crippen LogP contribution >= 0.6 is 0 Å². The van der Waals surface area contributed by atoms with Gasteiger partial charge in [0.05, 0.1) is 18.4 Å². The molecular formula is C28H22N2. The Balaban J connectivity index is 1.62. The smallest absolute Gasteiger partial charge is 0.0666 e. The minimum atomic E-state index is 0.712. The van der Waals surface area contributed by atoms with Gasteiger partial charge in [0.2, 0.25) is 0 Å². The summed E-state index contributed by atoms with van der Waals surface area (Å²) in [5.41, 5.74) is 3.45. The fourth-order valence-electron chi connectivity index (χ4n) is 3.87. The van der Waals surface area contributed by atoms with E-state index in [9.17, 15) is 0 Å². The van der Waals surface area contributed by atoms with Crippen molar-refractivity contribution >= 4 is 33.4 Å². The summed E-state index contributed by atoms with van der Waals surface area (Å²) in [6.45, 7) is 0.712. The van der Waals surface area contributed by atoms with Gasteiger partial charge in [0.25, 0.3) is 0 Å². The Morgan fingerprint density at radius 3 is 1.77 bits per heavy atom. The molecule has 5 aromatic carbocycles. The van der Waals surface area contributed by atoms with Crippen molar-refractivity contribution in [2.45, 2.75) is 6.54 Å². The van der Waals surface area contributed by atoms with Crippen molar-refractivity contribution in [1.82, 2.24) is 0 Å². The van der Waals surface area contributed by atoms with Crippen LogP contribution in [0.3, 0.4) is 0 Å². The van der Waals surface area contributed by atoms with Gasteiger partial charge in [-0.1, -0.05) is 97.1 Å². The largest absolute Gasteiger partial charge is 0.261 e. The van der Waals surface area contributed by atoms with Crippen molar-refractivity contribution in [2.75, 3.05) is 5.01 Å². The summed E-state index contributed by atoms with van der Waals surface area (Å²) < 4.78 is 0. The molecule has 0 fully saturated rings. The molecule has 0 bridgehead atoms. The molecule has 0 unspecified atom stereocenters. The molecule has 0 saturated heterocycles. The summed E-state index contributed by atoms with van der Waals surface area (Å²) >= 11 is 0. The number of benzene rings is 5. The zero-order valence-corrected chi connectivity index (χ0v) is 16.6. The molecule has 0 radical (unpaired) electrons. The SMILES string of the molecule is C(=N/N(Cc1ccccc1)c1ccccc1)/c1c2ccccc2cc2ccccc12. The third kappa shape index (κ3) is 3.68. The fourth-order valence-corrected chi connectivity index (χ4v) is 3.87. The minimum absolute atomic E-state index is 0.712. The molecule has 0 spiro atoms. The van der Waals surface area contributed by atoms with E-state index in [4.69, 9.17) is 5.10 Å². The van der Waals surface area contributed by atoms with Gasteiger partial charge in [-0.3, -0.25) is 5.01 Å². The molecule has 0 aliphatic rings. The first kappa shape index (κ1) is 18.1. The molecular weight excluding hydrogens is 364 g/mol. The quantitative estimate of drug-likeness (QED) is 0.180. The number of hydrogen-bond donors (Lipinski definition) is 0. The van der Waals surface area contributed by atoms with Gasteiger partial charge in [-0.15, -0.1) is 0 Å². The Hall–Kier alpha value is -3.91. The Bertz CT molecular complexity index is 1250. The van der Waals surface area contributed by atoms with Crippen LogP contribution in [0.25, 0.3) is 21.5 Å². The van der Waals surface area contributed by atoms with Gasteiger partial charge in [0, 0.05) is 5.56 Å². The first-order valence-corrected chi connectivity index (χ1v) is 10.2. The highest BCUT2D eigenvalue weighted by Crippen LogP contribution is 2.27. The lowest BCUT2D eigenvalue weighted by atomic mass is 9.97. The average molecular weight is 386 g/mol. The van der Waals surface area contributed by atoms with Crippen molar-refractivity contribution in [3.63, 3.8) is 0 Å². The van der Waals surface area contributed by atoms with Crippen LogP contribution in [0.4, 0.5) is 5.69 Å². The number of anilines is 1. The molecule has 0 aliphatic heterocycles. The second kappa shape index (κ2) is 8.22. The standard InChI is InChI=1S/C28H22N2/c1-3-11-22(12-4-1)21-30(25-15-5-2-6-16-25)29-20-28-26-17-9-7-13-23(26)19-24-14-8-10-18-27(24)28/h1-20H,21H2/b29-20-. The fraction of sp³-hybridized carbons (Fsp3) is 0.0357. The predicted octanol–water partition coefficient (Wildman–Crippen LogP) is 7.03. The molecule has 5 rings (SSSR count). The van der Waals surface area contributed by atoms with Crippen molar-refractivity contribution in [3.8, 4) is 0 Å². The zero-order valence-electron chi connectivity index (χ0n) is 16.6. The Kier molecular flexibility index (Phi) is 4.97. The highest BCUT2D eigenvalue weighted by atomic mass is 15.4. The highest BCUT2D eigenvalue weighted by Gasteiger charge is 2.08. The van der Waals surface area contributed by atoms with Crippen LogP contribution in [0.1, 0.15) is 11.1 Å². The van der Waals surface area contributed by atoms with Gasteiger partial charge in [0.15, 0.2) is 0 Å². The van der Waals surface area contributed by atoms with Crippen LogP contribution in [0.15, 0.2) is 120 Å². The van der Waals surface area contributed by atoms with E-state index in [1.54, 1.807) is 0 Å². The molecule has 0 saturated carbocycles. The summed E-state index contributed by atoms with van der Waals surface area (Å²) in [5, 5.41) is 11.9. The van der Waals surface area contributed by atoms with Crippen LogP contribution in [-0.2, 0) is 6.54 Å². The summed E-state index contributed by atoms with van der Waals surface area (Å²) in [6.07, 6.45) is 2.01. The van der Waals surface area contributed by atoms with E-state index in [-0.39, 0.29) is 0 Å². The van der Waals surface area contributed by atoms with Gasteiger partial charge in [-0.2, -0.15) is 5.10 Å². The summed E-state index contributed by atoms with van der Waals surface area (Å²) in [7, 11) is 0. The first-order chi connectivity index (χ1) is 14.9. The summed E-state index contributed by atoms with van der Waals surface area (Å²) in [6, 6.07) is 40.1. The van der Waals surface area contributed by atoms with Crippen molar-refractivity contribution in [2.24, 2.45) is 5.10 Å². The van der Waals surface area contributed by atoms with Crippen LogP contribution < -0.4 is 5.01 Å². The topological polar surface area (TPSA) is 15.6 Å². The number of nitrogens with zero attached hydrogens (tertiary/aromatic N) is 2. The number of hydrazone groups is 1. The molecule has 2 heteroatoms. The van der Waals surface area contributed by atoms with E-state index in [2.05, 4.69) is 108 Å². The lowest BCUT2D eigenvalue weighted by molar-refractivity contribution is 0.859.